The number of esters is 3. The first kappa shape index (κ1) is 20.2. The van der Waals surface area contributed by atoms with Crippen LogP contribution in [0.5, 0.6) is 0 Å². The fraction of sp³-hybridized carbons (Fsp3) is 0.333. The van der Waals surface area contributed by atoms with Gasteiger partial charge in [0.1, 0.15) is 5.82 Å². The summed E-state index contributed by atoms with van der Waals surface area (Å²) in [6.07, 6.45) is 0. The summed E-state index contributed by atoms with van der Waals surface area (Å²) in [6, 6.07) is 3.79. The first-order valence-electron chi connectivity index (χ1n) is 6.60. The van der Waals surface area contributed by atoms with Gasteiger partial charge in [-0.15, -0.1) is 0 Å². The number of anilines is 1. The van der Waals surface area contributed by atoms with Crippen LogP contribution in [0.1, 0.15) is 38.1 Å². The van der Waals surface area contributed by atoms with Crippen LogP contribution in [0.25, 0.3) is 0 Å². The van der Waals surface area contributed by atoms with Gasteiger partial charge < -0.3 is 14.8 Å². The maximum absolute atomic E-state index is 13.4. The third-order valence-corrected chi connectivity index (χ3v) is 2.07. The molecule has 0 bridgehead atoms. The van der Waals surface area contributed by atoms with Crippen LogP contribution in [0, 0.1) is 5.82 Å². The van der Waals surface area contributed by atoms with Crippen molar-refractivity contribution in [3.05, 3.63) is 29.6 Å². The minimum absolute atomic E-state index is 0.143. The average Bonchev–Trinajstić information content (AvgIpc) is 2.37. The quantitative estimate of drug-likeness (QED) is 0.674. The second-order valence-corrected chi connectivity index (χ2v) is 4.18. The molecule has 8 heteroatoms. The summed E-state index contributed by atoms with van der Waals surface area (Å²) in [4.78, 5) is 41.6. The van der Waals surface area contributed by atoms with Gasteiger partial charge in [-0.25, -0.2) is 9.18 Å². The molecule has 7 nitrogen and oxygen atoms in total. The second kappa shape index (κ2) is 10.0. The van der Waals surface area contributed by atoms with Crippen molar-refractivity contribution in [3.63, 3.8) is 0 Å². The fourth-order valence-corrected chi connectivity index (χ4v) is 1.37. The Labute approximate surface area is 132 Å². The van der Waals surface area contributed by atoms with Crippen LogP contribution in [-0.2, 0) is 23.9 Å². The Morgan fingerprint density at radius 2 is 1.65 bits per heavy atom. The number of hydrogen-bond donors (Lipinski definition) is 1. The Kier molecular flexibility index (Phi) is 8.83. The van der Waals surface area contributed by atoms with Crippen molar-refractivity contribution in [2.75, 3.05) is 11.9 Å². The molecule has 0 heterocycles. The Morgan fingerprint density at radius 1 is 1.09 bits per heavy atom. The lowest BCUT2D eigenvalue weighted by Crippen LogP contribution is -2.09. The Balaban J connectivity index is 0.000000585. The Morgan fingerprint density at radius 3 is 2.00 bits per heavy atom. The maximum Gasteiger partial charge on any atom is 0.341 e. The lowest BCUT2D eigenvalue weighted by Gasteiger charge is -2.05. The molecule has 0 atom stereocenters. The second-order valence-electron chi connectivity index (χ2n) is 4.18. The summed E-state index contributed by atoms with van der Waals surface area (Å²) in [6.45, 7) is 5.51. The lowest BCUT2D eigenvalue weighted by atomic mass is 10.2. The molecule has 1 aromatic rings. The van der Waals surface area contributed by atoms with Crippen molar-refractivity contribution < 1.29 is 33.0 Å². The van der Waals surface area contributed by atoms with Crippen molar-refractivity contribution in [2.45, 2.75) is 27.7 Å². The number of benzene rings is 1. The SMILES string of the molecule is CC(=O)OC(C)=O.CCOC(=O)c1ccc(NC(C)=O)cc1F. The van der Waals surface area contributed by atoms with E-state index < -0.39 is 23.7 Å². The summed E-state index contributed by atoms with van der Waals surface area (Å²) < 4.78 is 22.1. The molecule has 1 N–H and O–H groups in total. The lowest BCUT2D eigenvalue weighted by molar-refractivity contribution is -0.156. The highest BCUT2D eigenvalue weighted by molar-refractivity contribution is 5.92. The minimum Gasteiger partial charge on any atom is -0.462 e. The van der Waals surface area contributed by atoms with Crippen molar-refractivity contribution in [3.8, 4) is 0 Å². The largest absolute Gasteiger partial charge is 0.462 e. The number of halogens is 1. The number of amides is 1. The van der Waals surface area contributed by atoms with Crippen molar-refractivity contribution in [1.82, 2.24) is 0 Å². The zero-order valence-electron chi connectivity index (χ0n) is 13.3. The van der Waals surface area contributed by atoms with E-state index in [1.54, 1.807) is 6.92 Å². The summed E-state index contributed by atoms with van der Waals surface area (Å²) >= 11 is 0. The van der Waals surface area contributed by atoms with E-state index in [0.29, 0.717) is 5.69 Å². The van der Waals surface area contributed by atoms with E-state index in [1.165, 1.54) is 32.9 Å². The molecule has 0 aliphatic rings. The molecule has 0 fully saturated rings. The van der Waals surface area contributed by atoms with Gasteiger partial charge in [0.2, 0.25) is 5.91 Å². The van der Waals surface area contributed by atoms with Crippen LogP contribution in [0.2, 0.25) is 0 Å². The van der Waals surface area contributed by atoms with Gasteiger partial charge in [0.25, 0.3) is 0 Å². The van der Waals surface area contributed by atoms with Crippen LogP contribution in [0.3, 0.4) is 0 Å². The Hall–Kier alpha value is -2.77. The highest BCUT2D eigenvalue weighted by Crippen LogP contribution is 2.15. The van der Waals surface area contributed by atoms with E-state index in [2.05, 4.69) is 14.8 Å². The maximum atomic E-state index is 13.4. The molecule has 0 aromatic heterocycles. The molecule has 126 valence electrons. The van der Waals surface area contributed by atoms with Gasteiger partial charge in [-0.3, -0.25) is 14.4 Å². The molecule has 0 spiro atoms. The van der Waals surface area contributed by atoms with Crippen molar-refractivity contribution >= 4 is 29.5 Å². The third kappa shape index (κ3) is 8.97. The van der Waals surface area contributed by atoms with E-state index in [1.807, 2.05) is 0 Å². The molecule has 1 rings (SSSR count). The van der Waals surface area contributed by atoms with Gasteiger partial charge >= 0.3 is 17.9 Å². The summed E-state index contributed by atoms with van der Waals surface area (Å²) in [5.41, 5.74) is 0.161. The number of ether oxygens (including phenoxy) is 2. The van der Waals surface area contributed by atoms with Crippen LogP contribution in [-0.4, -0.2) is 30.4 Å². The standard InChI is InChI=1S/C11H12FNO3.C4H6O3/c1-3-16-11(15)9-5-4-8(6-10(9)12)13-7(2)14;1-3(5)7-4(2)6/h4-6H,3H2,1-2H3,(H,13,14);1-2H3. The summed E-state index contributed by atoms with van der Waals surface area (Å²) in [5, 5.41) is 2.41. The average molecular weight is 327 g/mol. The number of nitrogens with one attached hydrogen (secondary N) is 1. The van der Waals surface area contributed by atoms with E-state index in [9.17, 15) is 23.6 Å². The molecule has 0 radical (unpaired) electrons. The predicted molar refractivity (Wildman–Crippen MR) is 79.1 cm³/mol. The van der Waals surface area contributed by atoms with Crippen molar-refractivity contribution in [2.24, 2.45) is 0 Å². The van der Waals surface area contributed by atoms with E-state index >= 15 is 0 Å². The zero-order chi connectivity index (χ0) is 18.0. The minimum atomic E-state index is -0.718. The summed E-state index contributed by atoms with van der Waals surface area (Å²) in [5.74, 6) is -2.86. The normalized spacial score (nSPS) is 9.09. The van der Waals surface area contributed by atoms with Gasteiger partial charge in [-0.2, -0.15) is 0 Å². The van der Waals surface area contributed by atoms with Crippen molar-refractivity contribution in [1.29, 1.82) is 0 Å². The van der Waals surface area contributed by atoms with Crippen LogP contribution in [0.15, 0.2) is 18.2 Å². The number of hydrogen-bond acceptors (Lipinski definition) is 6. The molecule has 0 saturated carbocycles. The highest BCUT2D eigenvalue weighted by Gasteiger charge is 2.13. The molecule has 23 heavy (non-hydrogen) atoms. The molecule has 0 aliphatic carbocycles. The zero-order valence-corrected chi connectivity index (χ0v) is 13.3. The van der Waals surface area contributed by atoms with E-state index in [0.717, 1.165) is 6.07 Å². The van der Waals surface area contributed by atoms with Gasteiger partial charge in [0, 0.05) is 26.5 Å². The number of carbonyl (C=O) groups is 4. The molecular formula is C15H18FNO6. The monoisotopic (exact) mass is 327 g/mol. The van der Waals surface area contributed by atoms with Crippen LogP contribution < -0.4 is 5.32 Å². The Bertz CT molecular complexity index is 588. The third-order valence-electron chi connectivity index (χ3n) is 2.07. The first-order chi connectivity index (χ1) is 10.7. The fourth-order valence-electron chi connectivity index (χ4n) is 1.37. The predicted octanol–water partition coefficient (Wildman–Crippen LogP) is 2.06. The van der Waals surface area contributed by atoms with Gasteiger partial charge in [0.05, 0.1) is 12.2 Å². The smallest absolute Gasteiger partial charge is 0.341 e. The number of carbonyl (C=O) groups excluding carboxylic acids is 4. The highest BCUT2D eigenvalue weighted by atomic mass is 19.1. The molecule has 1 amide bonds. The molecule has 1 aromatic carbocycles. The summed E-state index contributed by atoms with van der Waals surface area (Å²) in [7, 11) is 0. The van der Waals surface area contributed by atoms with Crippen LogP contribution in [0.4, 0.5) is 10.1 Å². The molecular weight excluding hydrogens is 309 g/mol. The van der Waals surface area contributed by atoms with E-state index in [4.69, 9.17) is 0 Å². The van der Waals surface area contributed by atoms with Gasteiger partial charge in [-0.05, 0) is 25.1 Å². The first-order valence-corrected chi connectivity index (χ1v) is 6.60. The molecule has 0 aliphatic heterocycles. The molecule has 0 saturated heterocycles. The number of rotatable bonds is 3. The van der Waals surface area contributed by atoms with Gasteiger partial charge in [-0.1, -0.05) is 0 Å². The van der Waals surface area contributed by atoms with Crippen LogP contribution >= 0.6 is 0 Å². The topological polar surface area (TPSA) is 98.8 Å². The molecule has 0 unspecified atom stereocenters. The van der Waals surface area contributed by atoms with E-state index in [-0.39, 0.29) is 18.1 Å². The van der Waals surface area contributed by atoms with Gasteiger partial charge in [0.15, 0.2) is 0 Å².